The molecule has 5 nitrogen and oxygen atoms in total. The molecular formula is C10H13N3O2. The first-order valence-corrected chi connectivity index (χ1v) is 4.50. The molecule has 1 N–H and O–H groups in total. The van der Waals surface area contributed by atoms with E-state index in [9.17, 15) is 4.79 Å². The monoisotopic (exact) mass is 207 g/mol. The van der Waals surface area contributed by atoms with Crippen LogP contribution in [0.15, 0.2) is 24.9 Å². The maximum absolute atomic E-state index is 10.6. The molecule has 5 heteroatoms. The van der Waals surface area contributed by atoms with Crippen LogP contribution in [0.4, 0.5) is 5.95 Å². The van der Waals surface area contributed by atoms with Crippen LogP contribution in [0.25, 0.3) is 0 Å². The predicted molar refractivity (Wildman–Crippen MR) is 56.8 cm³/mol. The van der Waals surface area contributed by atoms with Crippen molar-refractivity contribution in [3.63, 3.8) is 0 Å². The van der Waals surface area contributed by atoms with Crippen molar-refractivity contribution in [3.8, 4) is 0 Å². The van der Waals surface area contributed by atoms with Crippen molar-refractivity contribution in [1.82, 2.24) is 9.97 Å². The highest BCUT2D eigenvalue weighted by Crippen LogP contribution is 2.06. The van der Waals surface area contributed by atoms with Crippen molar-refractivity contribution >= 4 is 11.9 Å². The van der Waals surface area contributed by atoms with Gasteiger partial charge in [-0.3, -0.25) is 4.79 Å². The molecule has 0 fully saturated rings. The maximum atomic E-state index is 10.6. The van der Waals surface area contributed by atoms with Gasteiger partial charge in [-0.1, -0.05) is 6.08 Å². The number of anilines is 1. The third-order valence-electron chi connectivity index (χ3n) is 1.74. The second kappa shape index (κ2) is 5.09. The van der Waals surface area contributed by atoms with Crippen LogP contribution in [-0.2, 0) is 4.79 Å². The summed E-state index contributed by atoms with van der Waals surface area (Å²) < 4.78 is 0. The number of hydrogen-bond donors (Lipinski definition) is 1. The van der Waals surface area contributed by atoms with Gasteiger partial charge in [-0.2, -0.15) is 0 Å². The zero-order valence-corrected chi connectivity index (χ0v) is 8.55. The van der Waals surface area contributed by atoms with Crippen molar-refractivity contribution in [2.75, 3.05) is 18.0 Å². The summed E-state index contributed by atoms with van der Waals surface area (Å²) in [5.41, 5.74) is 0.805. The number of rotatable bonds is 5. The van der Waals surface area contributed by atoms with Gasteiger partial charge in [-0.25, -0.2) is 9.97 Å². The highest BCUT2D eigenvalue weighted by atomic mass is 16.4. The topological polar surface area (TPSA) is 66.3 Å². The van der Waals surface area contributed by atoms with Gasteiger partial charge in [0.25, 0.3) is 0 Å². The van der Waals surface area contributed by atoms with E-state index < -0.39 is 5.97 Å². The molecule has 0 aliphatic heterocycles. The van der Waals surface area contributed by atoms with Gasteiger partial charge < -0.3 is 10.0 Å². The van der Waals surface area contributed by atoms with Gasteiger partial charge in [-0.15, -0.1) is 6.58 Å². The highest BCUT2D eigenvalue weighted by molar-refractivity contribution is 5.72. The van der Waals surface area contributed by atoms with E-state index >= 15 is 0 Å². The number of carboxylic acid groups (broad SMARTS) is 1. The predicted octanol–water partition coefficient (Wildman–Crippen LogP) is 0.862. The maximum Gasteiger partial charge on any atom is 0.323 e. The summed E-state index contributed by atoms with van der Waals surface area (Å²) in [5.74, 6) is -0.501. The van der Waals surface area contributed by atoms with Crippen LogP contribution in [0.5, 0.6) is 0 Å². The fraction of sp³-hybridized carbons (Fsp3) is 0.300. The highest BCUT2D eigenvalue weighted by Gasteiger charge is 2.11. The Kier molecular flexibility index (Phi) is 3.79. The van der Waals surface area contributed by atoms with Crippen molar-refractivity contribution in [2.24, 2.45) is 0 Å². The Morgan fingerprint density at radius 3 is 3.00 bits per heavy atom. The van der Waals surface area contributed by atoms with E-state index in [0.717, 1.165) is 5.69 Å². The Hall–Kier alpha value is -1.91. The van der Waals surface area contributed by atoms with Gasteiger partial charge >= 0.3 is 5.97 Å². The zero-order chi connectivity index (χ0) is 11.3. The van der Waals surface area contributed by atoms with E-state index in [1.165, 1.54) is 0 Å². The SMILES string of the molecule is C=CCN(CC(=O)O)c1nccc(C)n1. The van der Waals surface area contributed by atoms with Crippen LogP contribution < -0.4 is 4.90 Å². The molecule has 0 aliphatic carbocycles. The van der Waals surface area contributed by atoms with Crippen LogP contribution in [0, 0.1) is 6.92 Å². The van der Waals surface area contributed by atoms with E-state index in [1.54, 1.807) is 23.2 Å². The van der Waals surface area contributed by atoms with Gasteiger partial charge in [0.15, 0.2) is 0 Å². The van der Waals surface area contributed by atoms with Gasteiger partial charge in [0, 0.05) is 18.4 Å². The molecule has 1 aromatic rings. The van der Waals surface area contributed by atoms with Gasteiger partial charge in [0.2, 0.25) is 5.95 Å². The van der Waals surface area contributed by atoms with Crippen molar-refractivity contribution in [3.05, 3.63) is 30.6 Å². The fourth-order valence-corrected chi connectivity index (χ4v) is 1.12. The lowest BCUT2D eigenvalue weighted by Gasteiger charge is -2.18. The lowest BCUT2D eigenvalue weighted by Crippen LogP contribution is -2.31. The number of aromatic nitrogens is 2. The minimum absolute atomic E-state index is 0.129. The molecule has 0 aromatic carbocycles. The zero-order valence-electron chi connectivity index (χ0n) is 8.55. The van der Waals surface area contributed by atoms with E-state index in [0.29, 0.717) is 12.5 Å². The molecule has 0 aliphatic rings. The molecule has 0 radical (unpaired) electrons. The minimum atomic E-state index is -0.915. The molecule has 0 spiro atoms. The summed E-state index contributed by atoms with van der Waals surface area (Å²) in [6.07, 6.45) is 3.23. The molecule has 1 rings (SSSR count). The Morgan fingerprint density at radius 1 is 1.73 bits per heavy atom. The Labute approximate surface area is 88.1 Å². The fourth-order valence-electron chi connectivity index (χ4n) is 1.12. The molecule has 0 unspecified atom stereocenters. The summed E-state index contributed by atoms with van der Waals surface area (Å²) >= 11 is 0. The second-order valence-corrected chi connectivity index (χ2v) is 3.06. The average Bonchev–Trinajstić information content (AvgIpc) is 2.16. The number of hydrogen-bond acceptors (Lipinski definition) is 4. The summed E-state index contributed by atoms with van der Waals surface area (Å²) in [6.45, 7) is 5.68. The first kappa shape index (κ1) is 11.2. The van der Waals surface area contributed by atoms with Crippen molar-refractivity contribution in [1.29, 1.82) is 0 Å². The quantitative estimate of drug-likeness (QED) is 0.725. The summed E-state index contributed by atoms with van der Waals surface area (Å²) in [6, 6.07) is 1.76. The minimum Gasteiger partial charge on any atom is -0.480 e. The molecule has 0 saturated carbocycles. The lowest BCUT2D eigenvalue weighted by atomic mass is 10.4. The van der Waals surface area contributed by atoms with Gasteiger partial charge in [0.1, 0.15) is 6.54 Å². The third-order valence-corrected chi connectivity index (χ3v) is 1.74. The van der Waals surface area contributed by atoms with Gasteiger partial charge in [0.05, 0.1) is 0 Å². The lowest BCUT2D eigenvalue weighted by molar-refractivity contribution is -0.135. The number of carboxylic acids is 1. The summed E-state index contributed by atoms with van der Waals surface area (Å²) in [5, 5.41) is 8.71. The Bertz CT molecular complexity index is 365. The molecule has 0 saturated heterocycles. The Morgan fingerprint density at radius 2 is 2.47 bits per heavy atom. The largest absolute Gasteiger partial charge is 0.480 e. The van der Waals surface area contributed by atoms with Crippen molar-refractivity contribution < 1.29 is 9.90 Å². The van der Waals surface area contributed by atoms with Crippen molar-refractivity contribution in [2.45, 2.75) is 6.92 Å². The number of aliphatic carboxylic acids is 1. The molecule has 0 bridgehead atoms. The first-order valence-electron chi connectivity index (χ1n) is 4.50. The second-order valence-electron chi connectivity index (χ2n) is 3.06. The standard InChI is InChI=1S/C10H13N3O2/c1-3-6-13(7-9(14)15)10-11-5-4-8(2)12-10/h3-5H,1,6-7H2,2H3,(H,14,15). The van der Waals surface area contributed by atoms with E-state index in [4.69, 9.17) is 5.11 Å². The van der Waals surface area contributed by atoms with Gasteiger partial charge in [-0.05, 0) is 13.0 Å². The molecular weight excluding hydrogens is 194 g/mol. The normalized spacial score (nSPS) is 9.67. The number of nitrogens with zero attached hydrogens (tertiary/aromatic N) is 3. The van der Waals surface area contributed by atoms with E-state index in [-0.39, 0.29) is 6.54 Å². The molecule has 0 amide bonds. The summed E-state index contributed by atoms with van der Waals surface area (Å²) in [7, 11) is 0. The van der Waals surface area contributed by atoms with Crippen LogP contribution in [-0.4, -0.2) is 34.1 Å². The third kappa shape index (κ3) is 3.38. The molecule has 15 heavy (non-hydrogen) atoms. The summed E-state index contributed by atoms with van der Waals surface area (Å²) in [4.78, 5) is 20.3. The first-order chi connectivity index (χ1) is 7.13. The van der Waals surface area contributed by atoms with Crippen LogP contribution in [0.2, 0.25) is 0 Å². The Balaban J connectivity index is 2.87. The number of carbonyl (C=O) groups is 1. The molecule has 1 aromatic heterocycles. The molecule has 80 valence electrons. The van der Waals surface area contributed by atoms with Crippen LogP contribution in [0.3, 0.4) is 0 Å². The molecule has 1 heterocycles. The van der Waals surface area contributed by atoms with Crippen LogP contribution >= 0.6 is 0 Å². The van der Waals surface area contributed by atoms with E-state index in [2.05, 4.69) is 16.5 Å². The average molecular weight is 207 g/mol. The van der Waals surface area contributed by atoms with Crippen LogP contribution in [0.1, 0.15) is 5.69 Å². The van der Waals surface area contributed by atoms with E-state index in [1.807, 2.05) is 6.92 Å². The smallest absolute Gasteiger partial charge is 0.323 e. The number of aryl methyl sites for hydroxylation is 1. The molecule has 0 atom stereocenters.